The summed E-state index contributed by atoms with van der Waals surface area (Å²) >= 11 is 2.00. The molecule has 2 aliphatic rings. The van der Waals surface area contributed by atoms with Gasteiger partial charge in [0.25, 0.3) is 0 Å². The molecule has 0 unspecified atom stereocenters. The molecule has 0 aromatic heterocycles. The van der Waals surface area contributed by atoms with E-state index in [0.29, 0.717) is 4.75 Å². The van der Waals surface area contributed by atoms with Gasteiger partial charge in [-0.3, -0.25) is 4.99 Å². The van der Waals surface area contributed by atoms with Crippen molar-refractivity contribution in [2.45, 2.75) is 24.0 Å². The lowest BCUT2D eigenvalue weighted by molar-refractivity contribution is 0.361. The van der Waals surface area contributed by atoms with E-state index in [-0.39, 0.29) is 0 Å². The van der Waals surface area contributed by atoms with E-state index in [0.717, 1.165) is 25.6 Å². The third-order valence-electron chi connectivity index (χ3n) is 2.95. The molecule has 1 fully saturated rings. The van der Waals surface area contributed by atoms with E-state index in [1.54, 1.807) is 0 Å². The van der Waals surface area contributed by atoms with Crippen LogP contribution in [0.25, 0.3) is 0 Å². The maximum absolute atomic E-state index is 4.32. The topological polar surface area (TPSA) is 36.4 Å². The Balaban J connectivity index is 1.77. The summed E-state index contributed by atoms with van der Waals surface area (Å²) in [5, 5.41) is 6.62. The maximum Gasteiger partial charge on any atom is 0.191 e. The van der Waals surface area contributed by atoms with E-state index in [1.807, 2.05) is 11.8 Å². The number of rotatable bonds is 3. The Hall–Kier alpha value is -0.380. The van der Waals surface area contributed by atoms with E-state index < -0.39 is 0 Å². The van der Waals surface area contributed by atoms with Gasteiger partial charge in [-0.25, -0.2) is 0 Å². The minimum atomic E-state index is 0.507. The lowest BCUT2D eigenvalue weighted by Crippen LogP contribution is -2.47. The van der Waals surface area contributed by atoms with Gasteiger partial charge in [0.15, 0.2) is 5.96 Å². The SMILES string of the molecule is CSC1(CNC2=NCCN2)CCC1. The van der Waals surface area contributed by atoms with Crippen molar-refractivity contribution in [1.29, 1.82) is 0 Å². The number of nitrogens with zero attached hydrogens (tertiary/aromatic N) is 1. The molecule has 0 saturated heterocycles. The highest BCUT2D eigenvalue weighted by Crippen LogP contribution is 2.42. The third-order valence-corrected chi connectivity index (χ3v) is 4.37. The molecule has 74 valence electrons. The highest BCUT2D eigenvalue weighted by molar-refractivity contribution is 8.00. The molecule has 0 radical (unpaired) electrons. The van der Waals surface area contributed by atoms with Crippen molar-refractivity contribution in [3.63, 3.8) is 0 Å². The number of nitrogens with one attached hydrogen (secondary N) is 2. The first kappa shape index (κ1) is 9.19. The first-order chi connectivity index (χ1) is 6.35. The molecular formula is C9H17N3S. The largest absolute Gasteiger partial charge is 0.355 e. The van der Waals surface area contributed by atoms with Gasteiger partial charge in [-0.05, 0) is 19.1 Å². The van der Waals surface area contributed by atoms with Crippen LogP contribution in [0.15, 0.2) is 4.99 Å². The summed E-state index contributed by atoms with van der Waals surface area (Å²) in [7, 11) is 0. The summed E-state index contributed by atoms with van der Waals surface area (Å²) in [6, 6.07) is 0. The summed E-state index contributed by atoms with van der Waals surface area (Å²) in [5.74, 6) is 1.00. The Morgan fingerprint density at radius 2 is 2.46 bits per heavy atom. The lowest BCUT2D eigenvalue weighted by Gasteiger charge is -2.40. The molecule has 1 heterocycles. The van der Waals surface area contributed by atoms with Crippen LogP contribution < -0.4 is 10.6 Å². The molecule has 2 N–H and O–H groups in total. The van der Waals surface area contributed by atoms with Crippen LogP contribution in [0.4, 0.5) is 0 Å². The van der Waals surface area contributed by atoms with Gasteiger partial charge in [0.05, 0.1) is 6.54 Å². The van der Waals surface area contributed by atoms with Crippen LogP contribution in [-0.2, 0) is 0 Å². The van der Waals surface area contributed by atoms with Gasteiger partial charge in [-0.15, -0.1) is 0 Å². The maximum atomic E-state index is 4.32. The predicted molar refractivity (Wildman–Crippen MR) is 58.4 cm³/mol. The molecule has 0 amide bonds. The molecule has 2 rings (SSSR count). The van der Waals surface area contributed by atoms with Crippen LogP contribution in [0.2, 0.25) is 0 Å². The highest BCUT2D eigenvalue weighted by Gasteiger charge is 2.36. The summed E-state index contributed by atoms with van der Waals surface area (Å²) in [6.45, 7) is 2.99. The second-order valence-corrected chi connectivity index (χ2v) is 5.03. The van der Waals surface area contributed by atoms with Gasteiger partial charge >= 0.3 is 0 Å². The summed E-state index contributed by atoms with van der Waals surface area (Å²) in [5.41, 5.74) is 0. The molecule has 4 heteroatoms. The van der Waals surface area contributed by atoms with Gasteiger partial charge in [0.2, 0.25) is 0 Å². The third kappa shape index (κ3) is 1.93. The Kier molecular flexibility index (Phi) is 2.67. The van der Waals surface area contributed by atoms with Crippen molar-refractivity contribution in [2.75, 3.05) is 25.9 Å². The number of hydrogen-bond acceptors (Lipinski definition) is 4. The molecule has 0 bridgehead atoms. The normalized spacial score (nSPS) is 24.5. The van der Waals surface area contributed by atoms with Crippen LogP contribution in [0, 0.1) is 0 Å². The minimum absolute atomic E-state index is 0.507. The van der Waals surface area contributed by atoms with Crippen LogP contribution in [0.5, 0.6) is 0 Å². The van der Waals surface area contributed by atoms with E-state index >= 15 is 0 Å². The van der Waals surface area contributed by atoms with Crippen LogP contribution in [0.1, 0.15) is 19.3 Å². The zero-order chi connectivity index (χ0) is 9.15. The van der Waals surface area contributed by atoms with Gasteiger partial charge in [-0.1, -0.05) is 6.42 Å². The zero-order valence-electron chi connectivity index (χ0n) is 8.10. The van der Waals surface area contributed by atoms with Gasteiger partial charge < -0.3 is 10.6 Å². The molecule has 1 aliphatic heterocycles. The Morgan fingerprint density at radius 1 is 1.62 bits per heavy atom. The van der Waals surface area contributed by atoms with E-state index in [2.05, 4.69) is 21.9 Å². The number of aliphatic imine (C=N–C) groups is 1. The van der Waals surface area contributed by atoms with Crippen molar-refractivity contribution >= 4 is 17.7 Å². The van der Waals surface area contributed by atoms with Gasteiger partial charge in [-0.2, -0.15) is 11.8 Å². The van der Waals surface area contributed by atoms with Crippen molar-refractivity contribution in [3.8, 4) is 0 Å². The number of hydrogen-bond donors (Lipinski definition) is 2. The standard InChI is InChI=1S/C9H17N3S/c1-13-9(3-2-4-9)7-12-8-10-5-6-11-8/h2-7H2,1H3,(H2,10,11,12). The quantitative estimate of drug-likeness (QED) is 0.706. The smallest absolute Gasteiger partial charge is 0.191 e. The van der Waals surface area contributed by atoms with Crippen LogP contribution in [0.3, 0.4) is 0 Å². The minimum Gasteiger partial charge on any atom is -0.355 e. The molecule has 13 heavy (non-hydrogen) atoms. The molecule has 0 spiro atoms. The van der Waals surface area contributed by atoms with Crippen molar-refractivity contribution < 1.29 is 0 Å². The Labute approximate surface area is 83.8 Å². The molecule has 0 aromatic carbocycles. The monoisotopic (exact) mass is 199 g/mol. The van der Waals surface area contributed by atoms with Gasteiger partial charge in [0.1, 0.15) is 0 Å². The van der Waals surface area contributed by atoms with Crippen LogP contribution in [-0.4, -0.2) is 36.6 Å². The van der Waals surface area contributed by atoms with E-state index in [4.69, 9.17) is 0 Å². The first-order valence-electron chi connectivity index (χ1n) is 4.92. The summed E-state index contributed by atoms with van der Waals surface area (Å²) in [6.07, 6.45) is 6.32. The first-order valence-corrected chi connectivity index (χ1v) is 6.14. The fourth-order valence-electron chi connectivity index (χ4n) is 1.79. The molecule has 1 aliphatic carbocycles. The Bertz CT molecular complexity index is 205. The summed E-state index contributed by atoms with van der Waals surface area (Å²) in [4.78, 5) is 4.32. The molecular weight excluding hydrogens is 182 g/mol. The fraction of sp³-hybridized carbons (Fsp3) is 0.889. The fourth-order valence-corrected chi connectivity index (χ4v) is 2.70. The molecule has 0 aromatic rings. The molecule has 3 nitrogen and oxygen atoms in total. The zero-order valence-corrected chi connectivity index (χ0v) is 8.91. The van der Waals surface area contributed by atoms with Crippen molar-refractivity contribution in [3.05, 3.63) is 0 Å². The number of thioether (sulfide) groups is 1. The second kappa shape index (κ2) is 3.78. The molecule has 1 saturated carbocycles. The molecule has 0 atom stereocenters. The highest BCUT2D eigenvalue weighted by atomic mass is 32.2. The van der Waals surface area contributed by atoms with Gasteiger partial charge in [0, 0.05) is 17.8 Å². The average Bonchev–Trinajstić information content (AvgIpc) is 2.56. The lowest BCUT2D eigenvalue weighted by atomic mass is 9.84. The average molecular weight is 199 g/mol. The van der Waals surface area contributed by atoms with Crippen molar-refractivity contribution in [2.24, 2.45) is 4.99 Å². The Morgan fingerprint density at radius 3 is 2.92 bits per heavy atom. The predicted octanol–water partition coefficient (Wildman–Crippen LogP) is 0.821. The van der Waals surface area contributed by atoms with E-state index in [1.165, 1.54) is 19.3 Å². The van der Waals surface area contributed by atoms with E-state index in [9.17, 15) is 0 Å². The second-order valence-electron chi connectivity index (χ2n) is 3.75. The summed E-state index contributed by atoms with van der Waals surface area (Å²) < 4.78 is 0.507. The van der Waals surface area contributed by atoms with Crippen LogP contribution >= 0.6 is 11.8 Å². The van der Waals surface area contributed by atoms with Crippen molar-refractivity contribution in [1.82, 2.24) is 10.6 Å². The number of guanidine groups is 1.